The molecule has 1 aromatic carbocycles. The quantitative estimate of drug-likeness (QED) is 0.268. The molecule has 0 saturated carbocycles. The summed E-state index contributed by atoms with van der Waals surface area (Å²) in [6.07, 6.45) is 2.49. The van der Waals surface area contributed by atoms with Gasteiger partial charge in [0.2, 0.25) is 0 Å². The van der Waals surface area contributed by atoms with E-state index >= 15 is 0 Å². The number of ether oxygens (including phenoxy) is 1. The van der Waals surface area contributed by atoms with Gasteiger partial charge in [0.25, 0.3) is 5.91 Å². The van der Waals surface area contributed by atoms with Crippen molar-refractivity contribution in [2.24, 2.45) is 0 Å². The molecule has 8 nitrogen and oxygen atoms in total. The lowest BCUT2D eigenvalue weighted by Gasteiger charge is -2.08. The van der Waals surface area contributed by atoms with E-state index in [2.05, 4.69) is 15.8 Å². The number of pyridine rings is 1. The second kappa shape index (κ2) is 7.66. The number of aromatic amines is 1. The van der Waals surface area contributed by atoms with Crippen molar-refractivity contribution in [1.82, 2.24) is 15.8 Å². The molecule has 0 aliphatic carbocycles. The summed E-state index contributed by atoms with van der Waals surface area (Å²) in [7, 11) is 0. The maximum absolute atomic E-state index is 12.2. The van der Waals surface area contributed by atoms with Crippen LogP contribution in [0.3, 0.4) is 0 Å². The fraction of sp³-hybridized carbons (Fsp3) is 0.167. The van der Waals surface area contributed by atoms with Crippen molar-refractivity contribution in [3.05, 3.63) is 70.8 Å². The number of esters is 1. The molecule has 3 aromatic rings. The van der Waals surface area contributed by atoms with Crippen LogP contribution >= 0.6 is 0 Å². The summed E-state index contributed by atoms with van der Waals surface area (Å²) in [6, 6.07) is 10.3. The molecule has 134 valence electrons. The molecule has 3 N–H and O–H groups in total. The Bertz CT molecular complexity index is 934. The van der Waals surface area contributed by atoms with Gasteiger partial charge in [-0.15, -0.1) is 0 Å². The van der Waals surface area contributed by atoms with Gasteiger partial charge in [-0.3, -0.25) is 10.2 Å². The molecule has 3 rings (SSSR count). The Morgan fingerprint density at radius 1 is 1.19 bits per heavy atom. The minimum absolute atomic E-state index is 0.221. The molecule has 2 heterocycles. The van der Waals surface area contributed by atoms with Gasteiger partial charge in [-0.05, 0) is 13.0 Å². The fourth-order valence-corrected chi connectivity index (χ4v) is 2.61. The normalized spacial score (nSPS) is 10.7. The van der Waals surface area contributed by atoms with Crippen LogP contribution in [0.2, 0.25) is 0 Å². The van der Waals surface area contributed by atoms with Crippen molar-refractivity contribution < 1.29 is 19.1 Å². The van der Waals surface area contributed by atoms with Gasteiger partial charge in [0.05, 0.1) is 12.2 Å². The molecule has 0 radical (unpaired) electrons. The van der Waals surface area contributed by atoms with Gasteiger partial charge in [-0.2, -0.15) is 4.73 Å². The molecule has 0 aliphatic heterocycles. The third-order valence-electron chi connectivity index (χ3n) is 3.82. The van der Waals surface area contributed by atoms with Crippen LogP contribution < -0.4 is 15.6 Å². The number of carbonyl (C=O) groups is 2. The van der Waals surface area contributed by atoms with Crippen LogP contribution in [-0.2, 0) is 11.3 Å². The summed E-state index contributed by atoms with van der Waals surface area (Å²) in [5.74, 6) is -0.835. The smallest absolute Gasteiger partial charge is 0.355 e. The number of carbonyl (C=O) groups excluding carboxylic acids is 2. The highest BCUT2D eigenvalue weighted by Gasteiger charge is 2.18. The van der Waals surface area contributed by atoms with E-state index in [0.29, 0.717) is 21.6 Å². The van der Waals surface area contributed by atoms with Crippen molar-refractivity contribution in [1.29, 1.82) is 0 Å². The second-order valence-corrected chi connectivity index (χ2v) is 5.50. The Morgan fingerprint density at radius 3 is 2.65 bits per heavy atom. The molecule has 8 heteroatoms. The highest BCUT2D eigenvalue weighted by atomic mass is 16.5. The lowest BCUT2D eigenvalue weighted by molar-refractivity contribution is -0.605. The Hall–Kier alpha value is -3.39. The van der Waals surface area contributed by atoms with Crippen molar-refractivity contribution >= 4 is 22.8 Å². The number of rotatable bonds is 6. The lowest BCUT2D eigenvalue weighted by atomic mass is 10.1. The molecule has 0 unspecified atom stereocenters. The predicted molar refractivity (Wildman–Crippen MR) is 94.0 cm³/mol. The monoisotopic (exact) mass is 354 g/mol. The van der Waals surface area contributed by atoms with Gasteiger partial charge in [-0.25, -0.2) is 10.2 Å². The standard InChI is InChI=1S/C18H18N4O4/c1-2-26-18(24)16-14(13-5-3-4-6-15(13)20-16)11-19-21-17(23)12-7-9-22(25)10-8-12/h3-10,19-20H,2,11H2,1H3,(H,21,23). The number of fused-ring (bicyclic) bond motifs is 1. The number of amides is 1. The van der Waals surface area contributed by atoms with Crippen molar-refractivity contribution in [3.8, 4) is 0 Å². The summed E-state index contributed by atoms with van der Waals surface area (Å²) < 4.78 is 5.69. The summed E-state index contributed by atoms with van der Waals surface area (Å²) in [5, 5.41) is 11.9. The maximum Gasteiger partial charge on any atom is 0.355 e. The number of benzene rings is 1. The molecule has 0 bridgehead atoms. The van der Waals surface area contributed by atoms with Crippen molar-refractivity contribution in [3.63, 3.8) is 0 Å². The fourth-order valence-electron chi connectivity index (χ4n) is 2.61. The number of nitrogens with zero attached hydrogens (tertiary/aromatic N) is 1. The molecule has 0 saturated heterocycles. The van der Waals surface area contributed by atoms with E-state index < -0.39 is 5.97 Å². The van der Waals surface area contributed by atoms with Crippen molar-refractivity contribution in [2.75, 3.05) is 6.61 Å². The third kappa shape index (κ3) is 3.65. The number of hydrazine groups is 1. The number of para-hydroxylation sites is 1. The van der Waals surface area contributed by atoms with Crippen molar-refractivity contribution in [2.45, 2.75) is 13.5 Å². The van der Waals surface area contributed by atoms with Crippen LogP contribution in [0.25, 0.3) is 10.9 Å². The summed E-state index contributed by atoms with van der Waals surface area (Å²) >= 11 is 0. The first kappa shape index (κ1) is 17.4. The first-order valence-electron chi connectivity index (χ1n) is 8.09. The topological polar surface area (TPSA) is 110 Å². The number of hydrogen-bond donors (Lipinski definition) is 3. The van der Waals surface area contributed by atoms with Crippen LogP contribution in [0.1, 0.15) is 33.3 Å². The molecule has 26 heavy (non-hydrogen) atoms. The minimum atomic E-state index is -0.449. The average molecular weight is 354 g/mol. The first-order chi connectivity index (χ1) is 12.6. The Kier molecular flexibility index (Phi) is 5.14. The Balaban J connectivity index is 1.75. The molecule has 0 aliphatic rings. The van der Waals surface area contributed by atoms with Gasteiger partial charge < -0.3 is 14.9 Å². The molecular formula is C18H18N4O4. The number of H-pyrrole nitrogens is 1. The highest BCUT2D eigenvalue weighted by Crippen LogP contribution is 2.22. The van der Waals surface area contributed by atoms with Crippen LogP contribution in [0.15, 0.2) is 48.8 Å². The molecule has 1 amide bonds. The zero-order valence-electron chi connectivity index (χ0n) is 14.1. The van der Waals surface area contributed by atoms with E-state index in [9.17, 15) is 14.8 Å². The second-order valence-electron chi connectivity index (χ2n) is 5.50. The van der Waals surface area contributed by atoms with Gasteiger partial charge in [0.1, 0.15) is 5.69 Å². The van der Waals surface area contributed by atoms with E-state index in [1.165, 1.54) is 24.5 Å². The van der Waals surface area contributed by atoms with Gasteiger partial charge in [0.15, 0.2) is 12.4 Å². The van der Waals surface area contributed by atoms with E-state index in [1.54, 1.807) is 6.92 Å². The summed E-state index contributed by atoms with van der Waals surface area (Å²) in [5.41, 5.74) is 7.57. The van der Waals surface area contributed by atoms with E-state index in [0.717, 1.165) is 10.9 Å². The Labute approximate surface area is 149 Å². The first-order valence-corrected chi connectivity index (χ1v) is 8.09. The molecule has 2 aromatic heterocycles. The largest absolute Gasteiger partial charge is 0.619 e. The predicted octanol–water partition coefficient (Wildman–Crippen LogP) is 1.41. The van der Waals surface area contributed by atoms with E-state index in [-0.39, 0.29) is 19.1 Å². The molecule has 0 spiro atoms. The van der Waals surface area contributed by atoms with Gasteiger partial charge in [-0.1, -0.05) is 18.2 Å². The van der Waals surface area contributed by atoms with Gasteiger partial charge >= 0.3 is 5.97 Å². The maximum atomic E-state index is 12.2. The number of nitrogens with one attached hydrogen (secondary N) is 3. The zero-order chi connectivity index (χ0) is 18.5. The lowest BCUT2D eigenvalue weighted by Crippen LogP contribution is -2.37. The SMILES string of the molecule is CCOC(=O)c1[nH]c2ccccc2c1CNNC(=O)c1cc[n+]([O-])cc1. The average Bonchev–Trinajstić information content (AvgIpc) is 3.01. The molecule has 0 fully saturated rings. The summed E-state index contributed by atoms with van der Waals surface area (Å²) in [6.45, 7) is 2.23. The molecule has 0 atom stereocenters. The number of aromatic nitrogens is 2. The Morgan fingerprint density at radius 2 is 1.92 bits per heavy atom. The summed E-state index contributed by atoms with van der Waals surface area (Å²) in [4.78, 5) is 27.3. The van der Waals surface area contributed by atoms with Gasteiger partial charge in [0, 0.05) is 35.1 Å². The van der Waals surface area contributed by atoms with E-state index in [1.807, 2.05) is 24.3 Å². The molecular weight excluding hydrogens is 336 g/mol. The minimum Gasteiger partial charge on any atom is -0.619 e. The van der Waals surface area contributed by atoms with Crippen LogP contribution in [0.4, 0.5) is 0 Å². The number of hydrogen-bond acceptors (Lipinski definition) is 5. The zero-order valence-corrected chi connectivity index (χ0v) is 14.1. The third-order valence-corrected chi connectivity index (χ3v) is 3.82. The van der Waals surface area contributed by atoms with Crippen LogP contribution in [0.5, 0.6) is 0 Å². The highest BCUT2D eigenvalue weighted by molar-refractivity contribution is 5.98. The van der Waals surface area contributed by atoms with Crippen LogP contribution in [-0.4, -0.2) is 23.5 Å². The van der Waals surface area contributed by atoms with E-state index in [4.69, 9.17) is 4.74 Å². The van der Waals surface area contributed by atoms with Crippen LogP contribution in [0, 0.1) is 5.21 Å².